The second-order valence-corrected chi connectivity index (χ2v) is 5.32. The van der Waals surface area contributed by atoms with Crippen molar-refractivity contribution in [1.29, 1.82) is 0 Å². The number of amides is 2. The highest BCUT2D eigenvalue weighted by molar-refractivity contribution is 6.02. The van der Waals surface area contributed by atoms with Crippen molar-refractivity contribution in [3.05, 3.63) is 78.4 Å². The first kappa shape index (κ1) is 15.1. The van der Waals surface area contributed by atoms with Gasteiger partial charge in [0.2, 0.25) is 0 Å². The van der Waals surface area contributed by atoms with Crippen LogP contribution < -0.4 is 16.2 Å². The van der Waals surface area contributed by atoms with Crippen LogP contribution in [0.15, 0.2) is 72.8 Å². The summed E-state index contributed by atoms with van der Waals surface area (Å²) in [5.74, 6) is 0. The molecule has 0 radical (unpaired) electrons. The molecule has 23 heavy (non-hydrogen) atoms. The van der Waals surface area contributed by atoms with Crippen molar-refractivity contribution in [3.8, 4) is 0 Å². The summed E-state index contributed by atoms with van der Waals surface area (Å²) in [6.07, 6.45) is 0.815. The average molecular weight is 305 g/mol. The maximum absolute atomic E-state index is 11.9. The molecule has 0 aliphatic rings. The number of nitrogens with one attached hydrogen (secondary N) is 1. The number of carbonyl (C=O) groups is 1. The molecular weight excluding hydrogens is 286 g/mol. The Kier molecular flexibility index (Phi) is 4.54. The van der Waals surface area contributed by atoms with Crippen LogP contribution in [0.5, 0.6) is 0 Å². The third-order valence-electron chi connectivity index (χ3n) is 3.75. The second-order valence-electron chi connectivity index (χ2n) is 5.32. The van der Waals surface area contributed by atoms with Crippen molar-refractivity contribution in [2.24, 2.45) is 5.73 Å². The molecule has 3 N–H and O–H groups in total. The summed E-state index contributed by atoms with van der Waals surface area (Å²) >= 11 is 0. The van der Waals surface area contributed by atoms with Crippen LogP contribution in [-0.2, 0) is 6.42 Å². The quantitative estimate of drug-likeness (QED) is 0.709. The number of anilines is 1. The van der Waals surface area contributed by atoms with Crippen LogP contribution in [0.2, 0.25) is 0 Å². The van der Waals surface area contributed by atoms with Gasteiger partial charge < -0.3 is 5.73 Å². The Bertz CT molecular complexity index is 797. The maximum Gasteiger partial charge on any atom is 0.333 e. The molecule has 4 nitrogen and oxygen atoms in total. The number of nitrogens with two attached hydrogens (primary N) is 1. The maximum atomic E-state index is 11.9. The van der Waals surface area contributed by atoms with Crippen LogP contribution in [0.25, 0.3) is 10.8 Å². The fourth-order valence-corrected chi connectivity index (χ4v) is 2.64. The van der Waals surface area contributed by atoms with Gasteiger partial charge in [-0.05, 0) is 23.4 Å². The Hall–Kier alpha value is -2.85. The predicted octanol–water partition coefficient (Wildman–Crippen LogP) is 3.47. The molecule has 3 aromatic carbocycles. The van der Waals surface area contributed by atoms with E-state index in [9.17, 15) is 4.79 Å². The highest BCUT2D eigenvalue weighted by atomic mass is 16.2. The molecule has 0 bridgehead atoms. The number of nitrogens with zero attached hydrogens (tertiary/aromatic N) is 1. The van der Waals surface area contributed by atoms with Gasteiger partial charge in [-0.2, -0.15) is 0 Å². The summed E-state index contributed by atoms with van der Waals surface area (Å²) in [4.78, 5) is 11.9. The SMILES string of the molecule is NC(=O)N(NCCc1ccccc1)c1cccc2ccccc12. The van der Waals surface area contributed by atoms with E-state index >= 15 is 0 Å². The zero-order valence-corrected chi connectivity index (χ0v) is 12.8. The van der Waals surface area contributed by atoms with Crippen LogP contribution in [0.3, 0.4) is 0 Å². The lowest BCUT2D eigenvalue weighted by molar-refractivity contribution is 0.251. The van der Waals surface area contributed by atoms with E-state index in [2.05, 4.69) is 17.6 Å². The molecule has 116 valence electrons. The molecule has 0 atom stereocenters. The van der Waals surface area contributed by atoms with Gasteiger partial charge in [0.25, 0.3) is 0 Å². The van der Waals surface area contributed by atoms with E-state index in [1.807, 2.05) is 60.7 Å². The Labute approximate surface area is 135 Å². The number of benzene rings is 3. The molecule has 0 saturated carbocycles. The van der Waals surface area contributed by atoms with Crippen LogP contribution in [0.1, 0.15) is 5.56 Å². The topological polar surface area (TPSA) is 58.4 Å². The molecule has 0 aliphatic heterocycles. The highest BCUT2D eigenvalue weighted by Gasteiger charge is 2.14. The molecule has 0 heterocycles. The summed E-state index contributed by atoms with van der Waals surface area (Å²) in [7, 11) is 0. The van der Waals surface area contributed by atoms with Crippen LogP contribution in [0, 0.1) is 0 Å². The van der Waals surface area contributed by atoms with Crippen molar-refractivity contribution in [2.45, 2.75) is 6.42 Å². The smallest absolute Gasteiger partial charge is 0.333 e. The van der Waals surface area contributed by atoms with Gasteiger partial charge in [0.05, 0.1) is 5.69 Å². The fraction of sp³-hybridized carbons (Fsp3) is 0.105. The highest BCUT2D eigenvalue weighted by Crippen LogP contribution is 2.25. The largest absolute Gasteiger partial charge is 0.350 e. The number of carbonyl (C=O) groups excluding carboxylic acids is 1. The number of rotatable bonds is 5. The minimum atomic E-state index is -0.519. The molecule has 0 fully saturated rings. The summed E-state index contributed by atoms with van der Waals surface area (Å²) in [5, 5.41) is 3.48. The normalized spacial score (nSPS) is 10.6. The van der Waals surface area contributed by atoms with Gasteiger partial charge in [0.15, 0.2) is 0 Å². The van der Waals surface area contributed by atoms with E-state index in [0.29, 0.717) is 6.54 Å². The van der Waals surface area contributed by atoms with Gasteiger partial charge >= 0.3 is 6.03 Å². The lowest BCUT2D eigenvalue weighted by Crippen LogP contribution is -2.47. The minimum Gasteiger partial charge on any atom is -0.350 e. The van der Waals surface area contributed by atoms with Crippen LogP contribution in [-0.4, -0.2) is 12.6 Å². The summed E-state index contributed by atoms with van der Waals surface area (Å²) in [6, 6.07) is 23.4. The Morgan fingerprint density at radius 1 is 0.913 bits per heavy atom. The zero-order valence-electron chi connectivity index (χ0n) is 12.8. The summed E-state index contributed by atoms with van der Waals surface area (Å²) in [5.41, 5.74) is 10.7. The van der Waals surface area contributed by atoms with Gasteiger partial charge in [-0.15, -0.1) is 0 Å². The summed E-state index contributed by atoms with van der Waals surface area (Å²) < 4.78 is 0. The molecule has 2 amide bonds. The van der Waals surface area contributed by atoms with Crippen molar-refractivity contribution in [3.63, 3.8) is 0 Å². The van der Waals surface area contributed by atoms with Crippen molar-refractivity contribution in [1.82, 2.24) is 5.43 Å². The third-order valence-corrected chi connectivity index (χ3v) is 3.75. The van der Waals surface area contributed by atoms with E-state index in [4.69, 9.17) is 5.73 Å². The van der Waals surface area contributed by atoms with Crippen LogP contribution >= 0.6 is 0 Å². The van der Waals surface area contributed by atoms with Crippen molar-refractivity contribution in [2.75, 3.05) is 11.6 Å². The van der Waals surface area contributed by atoms with E-state index < -0.39 is 6.03 Å². The fourth-order valence-electron chi connectivity index (χ4n) is 2.64. The Balaban J connectivity index is 1.80. The van der Waals surface area contributed by atoms with Crippen molar-refractivity contribution >= 4 is 22.5 Å². The first-order chi connectivity index (χ1) is 11.3. The molecule has 0 aromatic heterocycles. The zero-order chi connectivity index (χ0) is 16.1. The van der Waals surface area contributed by atoms with E-state index in [1.54, 1.807) is 0 Å². The van der Waals surface area contributed by atoms with Gasteiger partial charge in [0.1, 0.15) is 0 Å². The standard InChI is InChI=1S/C19H19N3O/c20-19(23)22(21-14-13-15-7-2-1-3-8-15)18-12-6-10-16-9-4-5-11-17(16)18/h1-12,21H,13-14H2,(H2,20,23). The van der Waals surface area contributed by atoms with E-state index in [-0.39, 0.29) is 0 Å². The average Bonchev–Trinajstić information content (AvgIpc) is 2.59. The molecule has 3 rings (SSSR count). The second kappa shape index (κ2) is 6.94. The van der Waals surface area contributed by atoms with Gasteiger partial charge in [0, 0.05) is 11.9 Å². The molecule has 0 saturated heterocycles. The number of hydrogen-bond donors (Lipinski definition) is 2. The number of hydrazine groups is 1. The van der Waals surface area contributed by atoms with Gasteiger partial charge in [-0.25, -0.2) is 15.2 Å². The number of hydrogen-bond acceptors (Lipinski definition) is 2. The monoisotopic (exact) mass is 305 g/mol. The molecule has 4 heteroatoms. The van der Waals surface area contributed by atoms with Gasteiger partial charge in [-0.1, -0.05) is 66.7 Å². The third kappa shape index (κ3) is 3.49. The van der Waals surface area contributed by atoms with E-state index in [0.717, 1.165) is 22.9 Å². The Morgan fingerprint density at radius 2 is 1.61 bits per heavy atom. The summed E-state index contributed by atoms with van der Waals surface area (Å²) in [6.45, 7) is 0.621. The van der Waals surface area contributed by atoms with Gasteiger partial charge in [-0.3, -0.25) is 0 Å². The predicted molar refractivity (Wildman–Crippen MR) is 94.2 cm³/mol. The van der Waals surface area contributed by atoms with E-state index in [1.165, 1.54) is 10.6 Å². The molecule has 0 spiro atoms. The molecule has 0 aliphatic carbocycles. The number of urea groups is 1. The van der Waals surface area contributed by atoms with Crippen LogP contribution in [0.4, 0.5) is 10.5 Å². The first-order valence-corrected chi connectivity index (χ1v) is 7.60. The molecule has 3 aromatic rings. The minimum absolute atomic E-state index is 0.519. The molecule has 0 unspecified atom stereocenters. The lowest BCUT2D eigenvalue weighted by atomic mass is 10.1. The first-order valence-electron chi connectivity index (χ1n) is 7.60. The Morgan fingerprint density at radius 3 is 2.39 bits per heavy atom. The molecular formula is C19H19N3O. The van der Waals surface area contributed by atoms with Crippen molar-refractivity contribution < 1.29 is 4.79 Å². The number of fused-ring (bicyclic) bond motifs is 1. The lowest BCUT2D eigenvalue weighted by Gasteiger charge is -2.23. The number of primary amides is 1.